The highest BCUT2D eigenvalue weighted by Gasteiger charge is 2.39. The van der Waals surface area contributed by atoms with Crippen LogP contribution >= 0.6 is 0 Å². The Morgan fingerprint density at radius 1 is 1.37 bits per heavy atom. The van der Waals surface area contributed by atoms with Crippen molar-refractivity contribution in [2.24, 2.45) is 13.0 Å². The van der Waals surface area contributed by atoms with Gasteiger partial charge in [0.1, 0.15) is 5.92 Å². The predicted molar refractivity (Wildman–Crippen MR) is 65.8 cm³/mol. The van der Waals surface area contributed by atoms with Gasteiger partial charge in [-0.05, 0) is 13.3 Å². The summed E-state index contributed by atoms with van der Waals surface area (Å²) in [7, 11) is 1.77. The lowest BCUT2D eigenvalue weighted by Gasteiger charge is -2.29. The molecule has 102 valence electrons. The third-order valence-corrected chi connectivity index (χ3v) is 3.21. The zero-order valence-corrected chi connectivity index (χ0v) is 11.1. The molecular formula is C12H16N4O3. The summed E-state index contributed by atoms with van der Waals surface area (Å²) in [5.74, 6) is -1.74. The van der Waals surface area contributed by atoms with Crippen LogP contribution < -0.4 is 5.32 Å². The molecule has 1 aromatic rings. The first-order valence-corrected chi connectivity index (χ1v) is 6.09. The Kier molecular flexibility index (Phi) is 3.37. The molecule has 0 aromatic carbocycles. The van der Waals surface area contributed by atoms with Gasteiger partial charge in [0.15, 0.2) is 0 Å². The lowest BCUT2D eigenvalue weighted by Crippen LogP contribution is -2.57. The molecule has 1 atom stereocenters. The Bertz CT molecular complexity index is 549. The Morgan fingerprint density at radius 2 is 2.05 bits per heavy atom. The number of hydrogen-bond donors (Lipinski definition) is 1. The zero-order chi connectivity index (χ0) is 14.2. The summed E-state index contributed by atoms with van der Waals surface area (Å²) in [6, 6.07) is -0.664. The van der Waals surface area contributed by atoms with Gasteiger partial charge in [0.2, 0.25) is 11.8 Å². The largest absolute Gasteiger partial charge is 0.331 e. The monoisotopic (exact) mass is 264 g/mol. The minimum absolute atomic E-state index is 0.133. The highest BCUT2D eigenvalue weighted by molar-refractivity contribution is 6.16. The van der Waals surface area contributed by atoms with Crippen molar-refractivity contribution in [3.05, 3.63) is 17.5 Å². The Hall–Kier alpha value is -2.18. The summed E-state index contributed by atoms with van der Waals surface area (Å²) < 4.78 is 1.62. The molecule has 7 nitrogen and oxygen atoms in total. The van der Waals surface area contributed by atoms with Crippen molar-refractivity contribution in [2.45, 2.75) is 26.8 Å². The van der Waals surface area contributed by atoms with Gasteiger partial charge >= 0.3 is 6.03 Å². The quantitative estimate of drug-likeness (QED) is 0.797. The van der Waals surface area contributed by atoms with Crippen LogP contribution in [0.5, 0.6) is 0 Å². The van der Waals surface area contributed by atoms with Crippen molar-refractivity contribution in [2.75, 3.05) is 0 Å². The third-order valence-electron chi connectivity index (χ3n) is 3.21. The van der Waals surface area contributed by atoms with E-state index < -0.39 is 23.8 Å². The number of hydrogen-bond acceptors (Lipinski definition) is 4. The van der Waals surface area contributed by atoms with E-state index in [0.29, 0.717) is 6.42 Å². The highest BCUT2D eigenvalue weighted by atomic mass is 16.2. The molecule has 0 aliphatic carbocycles. The van der Waals surface area contributed by atoms with Gasteiger partial charge in [0.25, 0.3) is 0 Å². The van der Waals surface area contributed by atoms with Gasteiger partial charge in [0.05, 0.1) is 12.2 Å². The molecule has 19 heavy (non-hydrogen) atoms. The molecule has 1 saturated heterocycles. The van der Waals surface area contributed by atoms with Gasteiger partial charge < -0.3 is 0 Å². The number of urea groups is 1. The first kappa shape index (κ1) is 13.3. The van der Waals surface area contributed by atoms with Crippen LogP contribution in [0.4, 0.5) is 4.79 Å². The molecule has 1 N–H and O–H groups in total. The average molecular weight is 264 g/mol. The second-order valence-corrected chi connectivity index (χ2v) is 4.59. The van der Waals surface area contributed by atoms with Crippen molar-refractivity contribution in [1.29, 1.82) is 0 Å². The third kappa shape index (κ3) is 2.35. The van der Waals surface area contributed by atoms with Gasteiger partial charge in [-0.25, -0.2) is 4.79 Å². The van der Waals surface area contributed by atoms with E-state index in [0.717, 1.165) is 16.2 Å². The molecular weight excluding hydrogens is 248 g/mol. The van der Waals surface area contributed by atoms with Crippen LogP contribution in [0, 0.1) is 12.8 Å². The summed E-state index contributed by atoms with van der Waals surface area (Å²) >= 11 is 0. The Balaban J connectivity index is 2.23. The fourth-order valence-corrected chi connectivity index (χ4v) is 2.14. The highest BCUT2D eigenvalue weighted by Crippen LogP contribution is 2.17. The molecule has 1 fully saturated rings. The predicted octanol–water partition coefficient (Wildman–Crippen LogP) is 0.333. The van der Waals surface area contributed by atoms with E-state index >= 15 is 0 Å². The van der Waals surface area contributed by atoms with E-state index in [1.165, 1.54) is 0 Å². The topological polar surface area (TPSA) is 84.3 Å². The van der Waals surface area contributed by atoms with Crippen LogP contribution in [0.3, 0.4) is 0 Å². The maximum absolute atomic E-state index is 12.1. The summed E-state index contributed by atoms with van der Waals surface area (Å²) in [6.07, 6.45) is 2.13. The zero-order valence-electron chi connectivity index (χ0n) is 11.1. The Morgan fingerprint density at radius 3 is 2.58 bits per heavy atom. The summed E-state index contributed by atoms with van der Waals surface area (Å²) in [5.41, 5.74) is 1.54. The van der Waals surface area contributed by atoms with Crippen LogP contribution in [0.25, 0.3) is 0 Å². The standard InChI is InChI=1S/C12H16N4O3/c1-4-9-10(17)13-12(19)16(11(9)18)6-8-5-15(3)14-7(8)2/h5,9H,4,6H2,1-3H3,(H,13,17,19). The van der Waals surface area contributed by atoms with Crippen molar-refractivity contribution < 1.29 is 14.4 Å². The summed E-state index contributed by atoms with van der Waals surface area (Å²) in [6.45, 7) is 3.68. The van der Waals surface area contributed by atoms with Crippen LogP contribution in [0.2, 0.25) is 0 Å². The number of amides is 4. The number of nitrogens with zero attached hydrogens (tertiary/aromatic N) is 3. The summed E-state index contributed by atoms with van der Waals surface area (Å²) in [5, 5.41) is 6.37. The van der Waals surface area contributed by atoms with Crippen LogP contribution in [0.15, 0.2) is 6.20 Å². The van der Waals surface area contributed by atoms with E-state index in [1.54, 1.807) is 24.9 Å². The van der Waals surface area contributed by atoms with Crippen molar-refractivity contribution in [1.82, 2.24) is 20.0 Å². The molecule has 0 bridgehead atoms. The number of nitrogens with one attached hydrogen (secondary N) is 1. The number of imide groups is 2. The number of barbiturate groups is 1. The smallest absolute Gasteiger partial charge is 0.277 e. The SMILES string of the molecule is CCC1C(=O)NC(=O)N(Cc2cn(C)nc2C)C1=O. The average Bonchev–Trinajstić information content (AvgIpc) is 2.63. The lowest BCUT2D eigenvalue weighted by molar-refractivity contribution is -0.143. The summed E-state index contributed by atoms with van der Waals surface area (Å²) in [4.78, 5) is 36.5. The molecule has 4 amide bonds. The minimum atomic E-state index is -0.783. The van der Waals surface area contributed by atoms with Crippen LogP contribution in [-0.4, -0.2) is 32.5 Å². The maximum Gasteiger partial charge on any atom is 0.331 e. The van der Waals surface area contributed by atoms with Crippen molar-refractivity contribution in [3.63, 3.8) is 0 Å². The van der Waals surface area contributed by atoms with Crippen molar-refractivity contribution in [3.8, 4) is 0 Å². The number of aryl methyl sites for hydroxylation is 2. The Labute approximate surface area is 110 Å². The maximum atomic E-state index is 12.1. The number of rotatable bonds is 3. The molecule has 2 rings (SSSR count). The van der Waals surface area contributed by atoms with E-state index in [1.807, 2.05) is 6.92 Å². The molecule has 2 heterocycles. The normalized spacial score (nSPS) is 19.8. The van der Waals surface area contributed by atoms with Gasteiger partial charge in [-0.1, -0.05) is 6.92 Å². The lowest BCUT2D eigenvalue weighted by atomic mass is 10.0. The van der Waals surface area contributed by atoms with E-state index in [4.69, 9.17) is 0 Å². The molecule has 1 unspecified atom stereocenters. The van der Waals surface area contributed by atoms with E-state index in [-0.39, 0.29) is 6.54 Å². The van der Waals surface area contributed by atoms with E-state index in [2.05, 4.69) is 10.4 Å². The molecule has 0 saturated carbocycles. The first-order chi connectivity index (χ1) is 8.93. The minimum Gasteiger partial charge on any atom is -0.277 e. The van der Waals surface area contributed by atoms with Gasteiger partial charge in [-0.2, -0.15) is 5.10 Å². The molecule has 1 aliphatic rings. The molecule has 7 heteroatoms. The van der Waals surface area contributed by atoms with Gasteiger partial charge in [-0.3, -0.25) is 24.5 Å². The van der Waals surface area contributed by atoms with Gasteiger partial charge in [-0.15, -0.1) is 0 Å². The van der Waals surface area contributed by atoms with Crippen LogP contribution in [-0.2, 0) is 23.2 Å². The van der Waals surface area contributed by atoms with Crippen LogP contribution in [0.1, 0.15) is 24.6 Å². The van der Waals surface area contributed by atoms with Crippen molar-refractivity contribution >= 4 is 17.8 Å². The fourth-order valence-electron chi connectivity index (χ4n) is 2.14. The molecule has 0 spiro atoms. The van der Waals surface area contributed by atoms with E-state index in [9.17, 15) is 14.4 Å². The number of aromatic nitrogens is 2. The second kappa shape index (κ2) is 4.83. The fraction of sp³-hybridized carbons (Fsp3) is 0.500. The number of carbonyl (C=O) groups is 3. The first-order valence-electron chi connectivity index (χ1n) is 6.09. The molecule has 0 radical (unpaired) electrons. The van der Waals surface area contributed by atoms with Gasteiger partial charge in [0, 0.05) is 18.8 Å². The molecule has 1 aliphatic heterocycles. The number of carbonyl (C=O) groups excluding carboxylic acids is 3. The second-order valence-electron chi connectivity index (χ2n) is 4.59. The molecule has 1 aromatic heterocycles.